The maximum Gasteiger partial charge on any atom is 0.345 e. The van der Waals surface area contributed by atoms with Gasteiger partial charge in [0.1, 0.15) is 11.1 Å². The summed E-state index contributed by atoms with van der Waals surface area (Å²) in [4.78, 5) is 43.9. The van der Waals surface area contributed by atoms with Crippen LogP contribution in [0.5, 0.6) is 23.0 Å². The number of carbonyl (C=O) groups excluding carboxylic acids is 2. The molecule has 0 unspecified atom stereocenters. The van der Waals surface area contributed by atoms with Crippen LogP contribution in [-0.2, 0) is 9.47 Å². The highest BCUT2D eigenvalue weighted by Gasteiger charge is 2.26. The first kappa shape index (κ1) is 24.6. The molecule has 176 valence electrons. The number of esters is 2. The molecule has 0 aliphatic rings. The van der Waals surface area contributed by atoms with Crippen molar-refractivity contribution >= 4 is 23.3 Å². The monoisotopic (exact) mass is 466 g/mol. The summed E-state index contributed by atoms with van der Waals surface area (Å²) >= 11 is 0. The molecule has 14 heteroatoms. The lowest BCUT2D eigenvalue weighted by molar-refractivity contribution is -0.385. The minimum atomic E-state index is -1.01. The number of phenolic OH excluding ortho intramolecular Hbond substituents is 2. The Kier molecular flexibility index (Phi) is 7.92. The molecule has 2 aromatic carbocycles. The van der Waals surface area contributed by atoms with Crippen LogP contribution >= 0.6 is 0 Å². The number of ether oxygens (including phenoxy) is 4. The normalized spacial score (nSPS) is 10.2. The van der Waals surface area contributed by atoms with E-state index < -0.39 is 55.8 Å². The quantitative estimate of drug-likeness (QED) is 0.224. The van der Waals surface area contributed by atoms with E-state index in [1.807, 2.05) is 0 Å². The summed E-state index contributed by atoms with van der Waals surface area (Å²) in [6.45, 7) is -0.239. The maximum absolute atomic E-state index is 11.6. The fourth-order valence-electron chi connectivity index (χ4n) is 2.62. The zero-order valence-electron chi connectivity index (χ0n) is 17.3. The topological polar surface area (TPSA) is 198 Å². The molecular weight excluding hydrogens is 448 g/mol. The molecule has 0 fully saturated rings. The minimum Gasteiger partial charge on any atom is -0.504 e. The molecule has 0 radical (unpaired) electrons. The first-order valence-corrected chi connectivity index (χ1v) is 9.05. The van der Waals surface area contributed by atoms with Crippen molar-refractivity contribution in [2.75, 3.05) is 27.4 Å². The van der Waals surface area contributed by atoms with E-state index in [4.69, 9.17) is 9.47 Å². The lowest BCUT2D eigenvalue weighted by Crippen LogP contribution is -2.09. The molecule has 0 aromatic heterocycles. The Bertz CT molecular complexity index is 1010. The molecule has 0 aliphatic carbocycles. The van der Waals surface area contributed by atoms with Gasteiger partial charge in [0.15, 0.2) is 23.0 Å². The third kappa shape index (κ3) is 5.75. The number of aromatic hydroxyl groups is 2. The molecule has 0 saturated heterocycles. The number of benzene rings is 2. The van der Waals surface area contributed by atoms with Crippen LogP contribution < -0.4 is 9.47 Å². The van der Waals surface area contributed by atoms with E-state index in [-0.39, 0.29) is 31.1 Å². The maximum atomic E-state index is 11.6. The van der Waals surface area contributed by atoms with Crippen LogP contribution in [0.4, 0.5) is 11.4 Å². The summed E-state index contributed by atoms with van der Waals surface area (Å²) in [5.41, 5.74) is -2.17. The Morgan fingerprint density at radius 3 is 1.45 bits per heavy atom. The van der Waals surface area contributed by atoms with Gasteiger partial charge in [0, 0.05) is 18.6 Å². The number of methoxy groups -OCH3 is 2. The zero-order chi connectivity index (χ0) is 24.7. The van der Waals surface area contributed by atoms with Crippen molar-refractivity contribution in [3.8, 4) is 23.0 Å². The lowest BCUT2D eigenvalue weighted by Gasteiger charge is -2.11. The fraction of sp³-hybridized carbons (Fsp3) is 0.263. The first-order valence-electron chi connectivity index (χ1n) is 9.05. The fourth-order valence-corrected chi connectivity index (χ4v) is 2.62. The first-order chi connectivity index (χ1) is 15.6. The number of hydrogen-bond acceptors (Lipinski definition) is 12. The average molecular weight is 466 g/mol. The van der Waals surface area contributed by atoms with Gasteiger partial charge in [-0.05, 0) is 0 Å². The molecule has 33 heavy (non-hydrogen) atoms. The van der Waals surface area contributed by atoms with E-state index in [1.54, 1.807) is 0 Å². The summed E-state index contributed by atoms with van der Waals surface area (Å²) < 4.78 is 19.4. The van der Waals surface area contributed by atoms with Gasteiger partial charge in [0.2, 0.25) is 0 Å². The van der Waals surface area contributed by atoms with Crippen LogP contribution in [0.1, 0.15) is 27.1 Å². The summed E-state index contributed by atoms with van der Waals surface area (Å²) in [5, 5.41) is 42.3. The SMILES string of the molecule is COC(=O)c1cc(O)c(OCCCOc2cc([N+](=O)[O-])c(C(=O)OC)cc2O)cc1[N+](=O)[O-]. The third-order valence-electron chi connectivity index (χ3n) is 4.16. The summed E-state index contributed by atoms with van der Waals surface area (Å²) in [6.07, 6.45) is 0.123. The van der Waals surface area contributed by atoms with Gasteiger partial charge in [-0.2, -0.15) is 0 Å². The third-order valence-corrected chi connectivity index (χ3v) is 4.16. The highest BCUT2D eigenvalue weighted by molar-refractivity contribution is 5.95. The second kappa shape index (κ2) is 10.6. The van der Waals surface area contributed by atoms with E-state index in [9.17, 15) is 40.0 Å². The van der Waals surface area contributed by atoms with Gasteiger partial charge in [-0.25, -0.2) is 9.59 Å². The average Bonchev–Trinajstić information content (AvgIpc) is 2.78. The number of nitrogens with zero attached hydrogens (tertiary/aromatic N) is 2. The second-order valence-electron chi connectivity index (χ2n) is 6.22. The van der Waals surface area contributed by atoms with Gasteiger partial charge >= 0.3 is 11.9 Å². The van der Waals surface area contributed by atoms with E-state index in [0.29, 0.717) is 0 Å². The Morgan fingerprint density at radius 1 is 0.788 bits per heavy atom. The Hall–Kier alpha value is -4.62. The molecule has 2 aromatic rings. The molecule has 0 aliphatic heterocycles. The molecule has 0 atom stereocenters. The molecule has 2 rings (SSSR count). The van der Waals surface area contributed by atoms with Crippen molar-refractivity contribution in [1.29, 1.82) is 0 Å². The molecule has 2 N–H and O–H groups in total. The van der Waals surface area contributed by atoms with Crippen LogP contribution in [0.25, 0.3) is 0 Å². The molecule has 0 saturated carbocycles. The number of nitro benzene ring substituents is 2. The summed E-state index contributed by atoms with van der Waals surface area (Å²) in [5.74, 6) is -3.62. The van der Waals surface area contributed by atoms with Crippen LogP contribution in [0.3, 0.4) is 0 Å². The van der Waals surface area contributed by atoms with Crippen molar-refractivity contribution in [2.45, 2.75) is 6.42 Å². The van der Waals surface area contributed by atoms with Gasteiger partial charge in [0.05, 0.1) is 49.4 Å². The van der Waals surface area contributed by atoms with Crippen molar-refractivity contribution in [3.05, 3.63) is 55.6 Å². The lowest BCUT2D eigenvalue weighted by atomic mass is 10.1. The molecular formula is C19H18N2O12. The smallest absolute Gasteiger partial charge is 0.345 e. The standard InChI is InChI=1S/C19H18N2O12/c1-30-18(24)10-6-14(22)16(8-12(10)20(26)27)32-4-3-5-33-17-9-13(21(28)29)11(7-15(17)23)19(25)31-2/h6-9,22-23H,3-5H2,1-2H3. The van der Waals surface area contributed by atoms with Crippen molar-refractivity contribution < 1.29 is 48.6 Å². The van der Waals surface area contributed by atoms with Crippen LogP contribution in [-0.4, -0.2) is 59.4 Å². The van der Waals surface area contributed by atoms with Gasteiger partial charge < -0.3 is 29.2 Å². The molecule has 0 amide bonds. The van der Waals surface area contributed by atoms with Crippen molar-refractivity contribution in [1.82, 2.24) is 0 Å². The second-order valence-corrected chi connectivity index (χ2v) is 6.22. The van der Waals surface area contributed by atoms with E-state index in [1.165, 1.54) is 0 Å². The molecule has 14 nitrogen and oxygen atoms in total. The van der Waals surface area contributed by atoms with Crippen molar-refractivity contribution in [2.24, 2.45) is 0 Å². The molecule has 0 heterocycles. The highest BCUT2D eigenvalue weighted by Crippen LogP contribution is 2.35. The van der Waals surface area contributed by atoms with E-state index >= 15 is 0 Å². The summed E-state index contributed by atoms with van der Waals surface area (Å²) in [7, 11) is 2.06. The number of nitro groups is 2. The van der Waals surface area contributed by atoms with Gasteiger partial charge in [-0.15, -0.1) is 0 Å². The Morgan fingerprint density at radius 2 is 1.15 bits per heavy atom. The number of rotatable bonds is 10. The predicted octanol–water partition coefficient (Wildman–Crippen LogP) is 2.34. The summed E-state index contributed by atoms with van der Waals surface area (Å²) in [6, 6.07) is 3.41. The molecule has 0 bridgehead atoms. The van der Waals surface area contributed by atoms with Crippen molar-refractivity contribution in [3.63, 3.8) is 0 Å². The number of carbonyl (C=O) groups is 2. The van der Waals surface area contributed by atoms with Crippen LogP contribution in [0.2, 0.25) is 0 Å². The Labute approximate surface area is 185 Å². The minimum absolute atomic E-state index is 0.120. The number of hydrogen-bond donors (Lipinski definition) is 2. The van der Waals surface area contributed by atoms with Crippen LogP contribution in [0, 0.1) is 20.2 Å². The zero-order valence-corrected chi connectivity index (χ0v) is 17.3. The Balaban J connectivity index is 2.05. The molecule has 0 spiro atoms. The van der Waals surface area contributed by atoms with Gasteiger partial charge in [-0.1, -0.05) is 0 Å². The van der Waals surface area contributed by atoms with E-state index in [0.717, 1.165) is 38.5 Å². The van der Waals surface area contributed by atoms with Crippen LogP contribution in [0.15, 0.2) is 24.3 Å². The van der Waals surface area contributed by atoms with E-state index in [2.05, 4.69) is 9.47 Å². The predicted molar refractivity (Wildman–Crippen MR) is 108 cm³/mol. The van der Waals surface area contributed by atoms with Gasteiger partial charge in [0.25, 0.3) is 11.4 Å². The number of phenols is 2. The highest BCUT2D eigenvalue weighted by atomic mass is 16.6. The van der Waals surface area contributed by atoms with Gasteiger partial charge in [-0.3, -0.25) is 20.2 Å². The largest absolute Gasteiger partial charge is 0.504 e.